The molecule has 7 heteroatoms. The molecule has 2 aromatic rings. The molecule has 0 N–H and O–H groups in total. The van der Waals surface area contributed by atoms with Gasteiger partial charge in [0, 0.05) is 26.1 Å². The summed E-state index contributed by atoms with van der Waals surface area (Å²) in [6.07, 6.45) is 5.88. The summed E-state index contributed by atoms with van der Waals surface area (Å²) in [4.78, 5) is 0.387. The Morgan fingerprint density at radius 1 is 1.24 bits per heavy atom. The van der Waals surface area contributed by atoms with Gasteiger partial charge in [-0.3, -0.25) is 0 Å². The van der Waals surface area contributed by atoms with Crippen LogP contribution in [0.15, 0.2) is 35.5 Å². The van der Waals surface area contributed by atoms with Gasteiger partial charge in [0.15, 0.2) is 0 Å². The summed E-state index contributed by atoms with van der Waals surface area (Å²) in [7, 11) is -1.54. The van der Waals surface area contributed by atoms with Crippen molar-refractivity contribution in [2.75, 3.05) is 13.1 Å². The summed E-state index contributed by atoms with van der Waals surface area (Å²) in [6.45, 7) is 3.14. The Labute approximate surface area is 148 Å². The molecule has 1 spiro atoms. The zero-order valence-electron chi connectivity index (χ0n) is 14.7. The van der Waals surface area contributed by atoms with Crippen LogP contribution >= 0.6 is 0 Å². The van der Waals surface area contributed by atoms with Crippen LogP contribution in [-0.2, 0) is 23.5 Å². The summed E-state index contributed by atoms with van der Waals surface area (Å²) < 4.78 is 29.9. The van der Waals surface area contributed by atoms with E-state index in [1.165, 1.54) is 0 Å². The minimum absolute atomic E-state index is 0.0250. The number of rotatable bonds is 4. The van der Waals surface area contributed by atoms with E-state index in [-0.39, 0.29) is 11.3 Å². The monoisotopic (exact) mass is 360 g/mol. The number of hydrogen-bond acceptors (Lipinski definition) is 4. The number of benzene rings is 1. The van der Waals surface area contributed by atoms with Gasteiger partial charge in [0.25, 0.3) is 0 Å². The van der Waals surface area contributed by atoms with E-state index in [1.807, 2.05) is 23.7 Å². The molecular formula is C18H24N4O2S. The van der Waals surface area contributed by atoms with Crippen LogP contribution < -0.4 is 0 Å². The summed E-state index contributed by atoms with van der Waals surface area (Å²) in [6, 6.07) is 7.28. The maximum absolute atomic E-state index is 13.1. The second-order valence-corrected chi connectivity index (χ2v) is 9.30. The minimum Gasteiger partial charge on any atom is -0.320 e. The van der Waals surface area contributed by atoms with Gasteiger partial charge in [-0.05, 0) is 42.4 Å². The van der Waals surface area contributed by atoms with Crippen LogP contribution in [0.2, 0.25) is 0 Å². The Morgan fingerprint density at radius 3 is 2.48 bits per heavy atom. The van der Waals surface area contributed by atoms with Crippen LogP contribution in [0.3, 0.4) is 0 Å². The molecular weight excluding hydrogens is 336 g/mol. The summed E-state index contributed by atoms with van der Waals surface area (Å²) in [5, 5.41) is 8.28. The number of nitrogens with zero attached hydrogens (tertiary/aromatic N) is 4. The molecule has 4 rings (SSSR count). The molecule has 0 bridgehead atoms. The normalized spacial score (nSPS) is 23.0. The highest BCUT2D eigenvalue weighted by Crippen LogP contribution is 2.56. The first-order valence-corrected chi connectivity index (χ1v) is 10.3. The number of aryl methyl sites for hydroxylation is 2. The van der Waals surface area contributed by atoms with Gasteiger partial charge in [0.05, 0.1) is 4.90 Å². The zero-order valence-corrected chi connectivity index (χ0v) is 15.5. The summed E-state index contributed by atoms with van der Waals surface area (Å²) >= 11 is 0. The average molecular weight is 360 g/mol. The molecule has 2 aliphatic rings. The molecule has 1 saturated carbocycles. The predicted octanol–water partition coefficient (Wildman–Crippen LogP) is 2.34. The molecule has 2 fully saturated rings. The molecule has 1 aromatic carbocycles. The van der Waals surface area contributed by atoms with Crippen LogP contribution in [0.5, 0.6) is 0 Å². The maximum Gasteiger partial charge on any atom is 0.243 e. The van der Waals surface area contributed by atoms with Crippen molar-refractivity contribution in [2.45, 2.75) is 43.4 Å². The molecule has 1 aliphatic heterocycles. The molecule has 1 saturated heterocycles. The van der Waals surface area contributed by atoms with Crippen molar-refractivity contribution in [2.24, 2.45) is 12.5 Å². The van der Waals surface area contributed by atoms with Gasteiger partial charge < -0.3 is 4.57 Å². The highest BCUT2D eigenvalue weighted by atomic mass is 32.2. The van der Waals surface area contributed by atoms with Crippen molar-refractivity contribution in [1.29, 1.82) is 0 Å². The maximum atomic E-state index is 13.1. The second kappa shape index (κ2) is 5.92. The van der Waals surface area contributed by atoms with Gasteiger partial charge in [-0.15, -0.1) is 10.2 Å². The van der Waals surface area contributed by atoms with Crippen LogP contribution in [0.1, 0.15) is 43.5 Å². The summed E-state index contributed by atoms with van der Waals surface area (Å²) in [5.41, 5.74) is 1.17. The first-order chi connectivity index (χ1) is 12.0. The van der Waals surface area contributed by atoms with E-state index >= 15 is 0 Å². The topological polar surface area (TPSA) is 68.1 Å². The van der Waals surface area contributed by atoms with Crippen LogP contribution in [0.4, 0.5) is 0 Å². The third-order valence-electron chi connectivity index (χ3n) is 5.99. The Morgan fingerprint density at radius 2 is 1.96 bits per heavy atom. The zero-order chi connectivity index (χ0) is 17.7. The van der Waals surface area contributed by atoms with E-state index in [9.17, 15) is 8.42 Å². The van der Waals surface area contributed by atoms with Gasteiger partial charge in [-0.1, -0.05) is 25.5 Å². The third kappa shape index (κ3) is 2.60. The average Bonchev–Trinajstić information content (AvgIpc) is 3.18. The number of sulfonamides is 1. The molecule has 1 aromatic heterocycles. The largest absolute Gasteiger partial charge is 0.320 e. The standard InChI is InChI=1S/C18H24N4O2S/c1-3-14-5-7-15(8-6-14)25(23,24)22-11-16(17-20-19-13-21(17)2)18(12-22)9-4-10-18/h5-8,13,16H,3-4,9-12H2,1-2H3. The molecule has 0 radical (unpaired) electrons. The fourth-order valence-corrected chi connectivity index (χ4v) is 5.80. The van der Waals surface area contributed by atoms with E-state index in [1.54, 1.807) is 22.8 Å². The molecule has 1 aliphatic carbocycles. The van der Waals surface area contributed by atoms with Gasteiger partial charge in [0.1, 0.15) is 12.2 Å². The SMILES string of the molecule is CCc1ccc(S(=O)(=O)N2CC(c3nncn3C)C3(CCC3)C2)cc1. The fraction of sp³-hybridized carbons (Fsp3) is 0.556. The first kappa shape index (κ1) is 16.7. The van der Waals surface area contributed by atoms with Gasteiger partial charge in [-0.25, -0.2) is 8.42 Å². The molecule has 25 heavy (non-hydrogen) atoms. The Kier molecular flexibility index (Phi) is 3.96. The first-order valence-electron chi connectivity index (χ1n) is 8.89. The Bertz CT molecular complexity index is 869. The van der Waals surface area contributed by atoms with Gasteiger partial charge in [-0.2, -0.15) is 4.31 Å². The Balaban J connectivity index is 1.66. The predicted molar refractivity (Wildman–Crippen MR) is 94.6 cm³/mol. The molecule has 134 valence electrons. The highest BCUT2D eigenvalue weighted by molar-refractivity contribution is 7.89. The van der Waals surface area contributed by atoms with Crippen molar-refractivity contribution >= 4 is 10.0 Å². The van der Waals surface area contributed by atoms with Crippen molar-refractivity contribution in [1.82, 2.24) is 19.1 Å². The highest BCUT2D eigenvalue weighted by Gasteiger charge is 2.55. The lowest BCUT2D eigenvalue weighted by molar-refractivity contribution is 0.126. The molecule has 1 atom stereocenters. The number of hydrogen-bond donors (Lipinski definition) is 0. The van der Waals surface area contributed by atoms with E-state index in [0.29, 0.717) is 18.0 Å². The van der Waals surface area contributed by atoms with Gasteiger partial charge in [0.2, 0.25) is 10.0 Å². The Hall–Kier alpha value is -1.73. The van der Waals surface area contributed by atoms with Crippen molar-refractivity contribution in [3.8, 4) is 0 Å². The van der Waals surface area contributed by atoms with E-state index in [0.717, 1.165) is 37.1 Å². The third-order valence-corrected chi connectivity index (χ3v) is 7.82. The van der Waals surface area contributed by atoms with Crippen molar-refractivity contribution in [3.63, 3.8) is 0 Å². The smallest absolute Gasteiger partial charge is 0.243 e. The summed E-state index contributed by atoms with van der Waals surface area (Å²) in [5.74, 6) is 1.03. The molecule has 0 amide bonds. The minimum atomic E-state index is -3.47. The quantitative estimate of drug-likeness (QED) is 0.839. The van der Waals surface area contributed by atoms with E-state index in [2.05, 4.69) is 17.1 Å². The van der Waals surface area contributed by atoms with Crippen LogP contribution in [0.25, 0.3) is 0 Å². The lowest BCUT2D eigenvalue weighted by Gasteiger charge is -2.42. The van der Waals surface area contributed by atoms with Gasteiger partial charge >= 0.3 is 0 Å². The lowest BCUT2D eigenvalue weighted by Crippen LogP contribution is -2.38. The van der Waals surface area contributed by atoms with E-state index in [4.69, 9.17) is 0 Å². The van der Waals surface area contributed by atoms with Crippen LogP contribution in [0, 0.1) is 5.41 Å². The second-order valence-electron chi connectivity index (χ2n) is 7.36. The fourth-order valence-electron chi connectivity index (χ4n) is 4.25. The van der Waals surface area contributed by atoms with Crippen LogP contribution in [-0.4, -0.2) is 40.6 Å². The molecule has 1 unspecified atom stereocenters. The lowest BCUT2D eigenvalue weighted by atomic mass is 9.62. The molecule has 2 heterocycles. The van der Waals surface area contributed by atoms with Crippen molar-refractivity contribution in [3.05, 3.63) is 42.0 Å². The molecule has 6 nitrogen and oxygen atoms in total. The number of aromatic nitrogens is 3. The van der Waals surface area contributed by atoms with E-state index < -0.39 is 10.0 Å². The van der Waals surface area contributed by atoms with Crippen molar-refractivity contribution < 1.29 is 8.42 Å².